The van der Waals surface area contributed by atoms with Gasteiger partial charge in [-0.05, 0) is 0 Å². The number of rotatable bonds is 0. The first-order chi connectivity index (χ1) is 4.88. The zero-order valence-electron chi connectivity index (χ0n) is 5.23. The van der Waals surface area contributed by atoms with Crippen LogP contribution in [-0.2, 0) is 9.53 Å². The Morgan fingerprint density at radius 2 is 2.20 bits per heavy atom. The van der Waals surface area contributed by atoms with Gasteiger partial charge in [-0.15, -0.1) is 0 Å². The van der Waals surface area contributed by atoms with Gasteiger partial charge in [-0.25, -0.2) is 0 Å². The molecule has 3 N–H and O–H groups in total. The molecule has 0 unspecified atom stereocenters. The van der Waals surface area contributed by atoms with Gasteiger partial charge in [-0.1, -0.05) is 0 Å². The fourth-order valence-corrected chi connectivity index (χ4v) is 0.950. The van der Waals surface area contributed by atoms with Crippen LogP contribution in [0.25, 0.3) is 0 Å². The molecule has 0 radical (unpaired) electrons. The van der Waals surface area contributed by atoms with Gasteiger partial charge in [-0.3, -0.25) is 4.79 Å². The van der Waals surface area contributed by atoms with Crippen LogP contribution in [0.2, 0.25) is 0 Å². The van der Waals surface area contributed by atoms with E-state index in [1.165, 1.54) is 0 Å². The van der Waals surface area contributed by atoms with E-state index in [-0.39, 0.29) is 12.6 Å². The number of amides is 1. The standard InChI is InChI=1S/C5H7N3O2/c9-4-3-5(7-1-6-3)10-2-8-4/h6-7H,1-2H2,(H,8,9). The van der Waals surface area contributed by atoms with E-state index < -0.39 is 0 Å². The highest BCUT2D eigenvalue weighted by Gasteiger charge is 2.24. The van der Waals surface area contributed by atoms with Crippen LogP contribution in [0.15, 0.2) is 11.6 Å². The van der Waals surface area contributed by atoms with Gasteiger partial charge in [0.2, 0.25) is 5.88 Å². The lowest BCUT2D eigenvalue weighted by Crippen LogP contribution is -2.35. The zero-order chi connectivity index (χ0) is 6.97. The number of nitrogens with one attached hydrogen (secondary N) is 3. The average molecular weight is 141 g/mol. The van der Waals surface area contributed by atoms with E-state index in [1.54, 1.807) is 0 Å². The van der Waals surface area contributed by atoms with E-state index >= 15 is 0 Å². The molecule has 1 amide bonds. The van der Waals surface area contributed by atoms with Crippen molar-refractivity contribution >= 4 is 5.91 Å². The van der Waals surface area contributed by atoms with Crippen molar-refractivity contribution in [2.24, 2.45) is 0 Å². The van der Waals surface area contributed by atoms with Crippen molar-refractivity contribution in [2.75, 3.05) is 13.4 Å². The van der Waals surface area contributed by atoms with Crippen LogP contribution in [0.5, 0.6) is 0 Å². The number of hydrogen-bond donors (Lipinski definition) is 3. The van der Waals surface area contributed by atoms with E-state index in [0.29, 0.717) is 18.2 Å². The van der Waals surface area contributed by atoms with Gasteiger partial charge in [0.15, 0.2) is 12.4 Å². The predicted octanol–water partition coefficient (Wildman–Crippen LogP) is -1.59. The van der Waals surface area contributed by atoms with Gasteiger partial charge in [0.05, 0.1) is 6.67 Å². The Balaban J connectivity index is 2.31. The summed E-state index contributed by atoms with van der Waals surface area (Å²) in [5, 5.41) is 8.25. The van der Waals surface area contributed by atoms with Gasteiger partial charge in [0.25, 0.3) is 5.91 Å². The third-order valence-corrected chi connectivity index (χ3v) is 1.42. The largest absolute Gasteiger partial charge is 0.456 e. The number of carbonyl (C=O) groups is 1. The molecule has 0 aromatic heterocycles. The summed E-state index contributed by atoms with van der Waals surface area (Å²) in [6, 6.07) is 0. The van der Waals surface area contributed by atoms with Crippen molar-refractivity contribution < 1.29 is 9.53 Å². The summed E-state index contributed by atoms with van der Waals surface area (Å²) in [7, 11) is 0. The third-order valence-electron chi connectivity index (χ3n) is 1.42. The summed E-state index contributed by atoms with van der Waals surface area (Å²) in [5.41, 5.74) is 0.506. The predicted molar refractivity (Wildman–Crippen MR) is 32.3 cm³/mol. The molecule has 0 spiro atoms. The smallest absolute Gasteiger partial charge is 0.275 e. The van der Waals surface area contributed by atoms with Gasteiger partial charge in [0.1, 0.15) is 0 Å². The molecule has 0 saturated heterocycles. The first kappa shape index (κ1) is 5.40. The Bertz CT molecular complexity index is 211. The lowest BCUT2D eigenvalue weighted by molar-refractivity contribution is -0.120. The molecular formula is C5H7N3O2. The Hall–Kier alpha value is -1.39. The Labute approximate surface area is 57.4 Å². The van der Waals surface area contributed by atoms with E-state index in [1.807, 2.05) is 0 Å². The molecule has 0 saturated carbocycles. The molecule has 0 aromatic carbocycles. The van der Waals surface area contributed by atoms with E-state index in [2.05, 4.69) is 16.0 Å². The first-order valence-corrected chi connectivity index (χ1v) is 3.01. The molecule has 5 heteroatoms. The lowest BCUT2D eigenvalue weighted by Gasteiger charge is -2.14. The molecule has 0 aliphatic carbocycles. The van der Waals surface area contributed by atoms with Crippen molar-refractivity contribution in [3.05, 3.63) is 11.6 Å². The molecule has 2 aliphatic heterocycles. The Morgan fingerprint density at radius 1 is 1.30 bits per heavy atom. The van der Waals surface area contributed by atoms with Crippen LogP contribution in [0.1, 0.15) is 0 Å². The van der Waals surface area contributed by atoms with Gasteiger partial charge < -0.3 is 20.7 Å². The topological polar surface area (TPSA) is 62.4 Å². The summed E-state index contributed by atoms with van der Waals surface area (Å²) in [6.45, 7) is 0.824. The van der Waals surface area contributed by atoms with Crippen LogP contribution in [0.4, 0.5) is 0 Å². The van der Waals surface area contributed by atoms with E-state index in [4.69, 9.17) is 4.74 Å². The summed E-state index contributed by atoms with van der Waals surface area (Å²) in [5.74, 6) is 0.454. The maximum atomic E-state index is 10.9. The summed E-state index contributed by atoms with van der Waals surface area (Å²) >= 11 is 0. The van der Waals surface area contributed by atoms with Crippen LogP contribution in [0.3, 0.4) is 0 Å². The second kappa shape index (κ2) is 1.80. The molecule has 0 bridgehead atoms. The summed E-state index contributed by atoms with van der Waals surface area (Å²) < 4.78 is 5.05. The molecule has 0 atom stereocenters. The molecule has 54 valence electrons. The highest BCUT2D eigenvalue weighted by molar-refractivity contribution is 5.94. The molecule has 5 nitrogen and oxygen atoms in total. The third kappa shape index (κ3) is 0.601. The van der Waals surface area contributed by atoms with Gasteiger partial charge in [-0.2, -0.15) is 0 Å². The fraction of sp³-hybridized carbons (Fsp3) is 0.400. The molecule has 2 aliphatic rings. The fourth-order valence-electron chi connectivity index (χ4n) is 0.950. The Kier molecular flexibility index (Phi) is 0.969. The monoisotopic (exact) mass is 141 g/mol. The lowest BCUT2D eigenvalue weighted by atomic mass is 10.4. The van der Waals surface area contributed by atoms with Crippen LogP contribution < -0.4 is 16.0 Å². The van der Waals surface area contributed by atoms with Crippen molar-refractivity contribution in [3.63, 3.8) is 0 Å². The first-order valence-electron chi connectivity index (χ1n) is 3.01. The quantitative estimate of drug-likeness (QED) is 0.380. The van der Waals surface area contributed by atoms with Gasteiger partial charge in [0, 0.05) is 0 Å². The number of carbonyl (C=O) groups excluding carboxylic acids is 1. The minimum Gasteiger partial charge on any atom is -0.456 e. The molecule has 2 heterocycles. The summed E-state index contributed by atoms with van der Waals surface area (Å²) in [4.78, 5) is 10.9. The average Bonchev–Trinajstić information content (AvgIpc) is 2.36. The SMILES string of the molecule is O=C1NCOC2=C1NCN2. The zero-order valence-corrected chi connectivity index (χ0v) is 5.23. The molecule has 10 heavy (non-hydrogen) atoms. The maximum absolute atomic E-state index is 10.9. The van der Waals surface area contributed by atoms with Crippen molar-refractivity contribution in [1.29, 1.82) is 0 Å². The molecule has 0 fully saturated rings. The van der Waals surface area contributed by atoms with E-state index in [0.717, 1.165) is 0 Å². The second-order valence-electron chi connectivity index (χ2n) is 2.03. The highest BCUT2D eigenvalue weighted by atomic mass is 16.5. The Morgan fingerprint density at radius 3 is 3.00 bits per heavy atom. The molecule has 0 aromatic rings. The highest BCUT2D eigenvalue weighted by Crippen LogP contribution is 2.08. The van der Waals surface area contributed by atoms with Crippen molar-refractivity contribution in [2.45, 2.75) is 0 Å². The minimum absolute atomic E-state index is 0.105. The molecular weight excluding hydrogens is 134 g/mol. The van der Waals surface area contributed by atoms with Gasteiger partial charge >= 0.3 is 0 Å². The minimum atomic E-state index is -0.105. The van der Waals surface area contributed by atoms with Crippen molar-refractivity contribution in [3.8, 4) is 0 Å². The van der Waals surface area contributed by atoms with Crippen LogP contribution in [0, 0.1) is 0 Å². The van der Waals surface area contributed by atoms with Crippen molar-refractivity contribution in [1.82, 2.24) is 16.0 Å². The second-order valence-corrected chi connectivity index (χ2v) is 2.03. The number of hydrogen-bond acceptors (Lipinski definition) is 4. The van der Waals surface area contributed by atoms with E-state index in [9.17, 15) is 4.79 Å². The van der Waals surface area contributed by atoms with Crippen LogP contribution >= 0.6 is 0 Å². The van der Waals surface area contributed by atoms with Crippen LogP contribution in [-0.4, -0.2) is 19.3 Å². The molecule has 2 rings (SSSR count). The maximum Gasteiger partial charge on any atom is 0.275 e. The summed E-state index contributed by atoms with van der Waals surface area (Å²) in [6.07, 6.45) is 0. The normalized spacial score (nSPS) is 22.2. The number of ether oxygens (including phenoxy) is 1.